The van der Waals surface area contributed by atoms with Crippen molar-refractivity contribution >= 4 is 40.7 Å². The molecule has 1 amide bonds. The van der Waals surface area contributed by atoms with E-state index >= 15 is 0 Å². The Morgan fingerprint density at radius 2 is 1.52 bits per heavy atom. The Morgan fingerprint density at radius 3 is 2.04 bits per heavy atom. The fraction of sp³-hybridized carbons (Fsp3) is 0.278. The van der Waals surface area contributed by atoms with Crippen LogP contribution in [0.5, 0.6) is 0 Å². The van der Waals surface area contributed by atoms with Crippen molar-refractivity contribution in [3.63, 3.8) is 0 Å². The Hall–Kier alpha value is -1.22. The largest absolute Gasteiger partial charge is 0.345 e. The van der Waals surface area contributed by atoms with Crippen LogP contribution in [0.1, 0.15) is 24.1 Å². The van der Waals surface area contributed by atoms with Gasteiger partial charge in [0.2, 0.25) is 5.91 Å². The van der Waals surface area contributed by atoms with E-state index in [1.54, 1.807) is 19.1 Å². The summed E-state index contributed by atoms with van der Waals surface area (Å²) in [5.74, 6) is 0.140. The first-order valence-electron chi connectivity index (χ1n) is 7.23. The maximum absolute atomic E-state index is 12.6. The van der Waals surface area contributed by atoms with Crippen LogP contribution in [0.4, 0.5) is 0 Å². The third-order valence-electron chi connectivity index (χ3n) is 3.75. The van der Waals surface area contributed by atoms with E-state index in [2.05, 4.69) is 5.32 Å². The number of nitrogens with one attached hydrogen (secondary N) is 1. The van der Waals surface area contributed by atoms with Gasteiger partial charge in [0.15, 0.2) is 0 Å². The van der Waals surface area contributed by atoms with Gasteiger partial charge in [0, 0.05) is 16.8 Å². The van der Waals surface area contributed by atoms with Gasteiger partial charge < -0.3 is 5.32 Å². The van der Waals surface area contributed by atoms with E-state index in [4.69, 9.17) is 34.8 Å². The van der Waals surface area contributed by atoms with Crippen LogP contribution in [0.2, 0.25) is 5.02 Å². The molecule has 0 fully saturated rings. The van der Waals surface area contributed by atoms with Crippen LogP contribution >= 0.6 is 34.8 Å². The quantitative estimate of drug-likeness (QED) is 0.710. The molecule has 122 valence electrons. The van der Waals surface area contributed by atoms with Crippen LogP contribution in [-0.2, 0) is 4.79 Å². The molecule has 0 aliphatic rings. The lowest BCUT2D eigenvalue weighted by Crippen LogP contribution is -2.43. The van der Waals surface area contributed by atoms with E-state index < -0.39 is 5.41 Å². The number of alkyl halides is 2. The summed E-state index contributed by atoms with van der Waals surface area (Å²) in [6, 6.07) is 16.9. The minimum atomic E-state index is -0.817. The lowest BCUT2D eigenvalue weighted by atomic mass is 9.92. The molecule has 0 bridgehead atoms. The molecule has 2 nitrogen and oxygen atoms in total. The van der Waals surface area contributed by atoms with Crippen LogP contribution in [0.25, 0.3) is 0 Å². The topological polar surface area (TPSA) is 29.1 Å². The van der Waals surface area contributed by atoms with Gasteiger partial charge in [0.1, 0.15) is 0 Å². The minimum Gasteiger partial charge on any atom is -0.345 e. The Labute approximate surface area is 151 Å². The van der Waals surface area contributed by atoms with E-state index in [1.807, 2.05) is 42.5 Å². The van der Waals surface area contributed by atoms with Gasteiger partial charge in [-0.2, -0.15) is 0 Å². The van der Waals surface area contributed by atoms with Crippen molar-refractivity contribution in [3.05, 3.63) is 70.7 Å². The van der Waals surface area contributed by atoms with Crippen LogP contribution in [0.15, 0.2) is 54.6 Å². The average Bonchev–Trinajstić information content (AvgIpc) is 2.60. The number of amides is 1. The van der Waals surface area contributed by atoms with E-state index in [0.29, 0.717) is 5.02 Å². The second-order valence-electron chi connectivity index (χ2n) is 5.70. The number of hydrogen-bond donors (Lipinski definition) is 1. The third-order valence-corrected chi connectivity index (χ3v) is 5.18. The monoisotopic (exact) mass is 369 g/mol. The standard InChI is InChI=1S/C18H18Cl3NO/c1-18(11-19,12-20)17(23)22-16(13-5-3-2-4-6-13)14-7-9-15(21)10-8-14/h2-10,16H,11-12H2,1H3,(H,22,23). The summed E-state index contributed by atoms with van der Waals surface area (Å²) < 4.78 is 0. The molecule has 2 aromatic carbocycles. The van der Waals surface area contributed by atoms with Gasteiger partial charge in [-0.1, -0.05) is 54.1 Å². The molecule has 0 aromatic heterocycles. The highest BCUT2D eigenvalue weighted by Gasteiger charge is 2.33. The van der Waals surface area contributed by atoms with Gasteiger partial charge in [0.25, 0.3) is 0 Å². The van der Waals surface area contributed by atoms with Crippen molar-refractivity contribution in [3.8, 4) is 0 Å². The van der Waals surface area contributed by atoms with Crippen LogP contribution < -0.4 is 5.32 Å². The Morgan fingerprint density at radius 1 is 1.00 bits per heavy atom. The lowest BCUT2D eigenvalue weighted by molar-refractivity contribution is -0.128. The van der Waals surface area contributed by atoms with Gasteiger partial charge >= 0.3 is 0 Å². The Kier molecular flexibility index (Phi) is 6.34. The van der Waals surface area contributed by atoms with Crippen molar-refractivity contribution in [1.29, 1.82) is 0 Å². The molecule has 5 heteroatoms. The molecular formula is C18H18Cl3NO. The smallest absolute Gasteiger partial charge is 0.229 e. The zero-order chi connectivity index (χ0) is 16.9. The summed E-state index contributed by atoms with van der Waals surface area (Å²) in [5, 5.41) is 3.71. The summed E-state index contributed by atoms with van der Waals surface area (Å²) in [6.45, 7) is 1.76. The predicted molar refractivity (Wildman–Crippen MR) is 97.4 cm³/mol. The van der Waals surface area contributed by atoms with Gasteiger partial charge in [0.05, 0.1) is 11.5 Å². The van der Waals surface area contributed by atoms with E-state index in [1.165, 1.54) is 0 Å². The van der Waals surface area contributed by atoms with E-state index in [0.717, 1.165) is 11.1 Å². The Balaban J connectivity index is 2.35. The normalized spacial score (nSPS) is 12.7. The van der Waals surface area contributed by atoms with Crippen LogP contribution in [0, 0.1) is 5.41 Å². The van der Waals surface area contributed by atoms with E-state index in [9.17, 15) is 4.79 Å². The molecule has 0 saturated carbocycles. The third kappa shape index (κ3) is 4.41. The SMILES string of the molecule is CC(CCl)(CCl)C(=O)NC(c1ccccc1)c1ccc(Cl)cc1. The summed E-state index contributed by atoms with van der Waals surface area (Å²) in [4.78, 5) is 12.6. The average molecular weight is 371 g/mol. The van der Waals surface area contributed by atoms with Crippen LogP contribution in [-0.4, -0.2) is 17.7 Å². The molecular weight excluding hydrogens is 353 g/mol. The molecule has 2 aromatic rings. The number of carbonyl (C=O) groups is 1. The van der Waals surface area contributed by atoms with Crippen molar-refractivity contribution in [1.82, 2.24) is 5.32 Å². The molecule has 1 atom stereocenters. The molecule has 23 heavy (non-hydrogen) atoms. The van der Waals surface area contributed by atoms with Crippen molar-refractivity contribution in [2.45, 2.75) is 13.0 Å². The lowest BCUT2D eigenvalue weighted by Gasteiger charge is -2.28. The second-order valence-corrected chi connectivity index (χ2v) is 6.67. The molecule has 0 aliphatic heterocycles. The number of benzene rings is 2. The highest BCUT2D eigenvalue weighted by Crippen LogP contribution is 2.27. The van der Waals surface area contributed by atoms with E-state index in [-0.39, 0.29) is 23.7 Å². The molecule has 0 spiro atoms. The number of halogens is 3. The number of rotatable bonds is 6. The molecule has 1 N–H and O–H groups in total. The highest BCUT2D eigenvalue weighted by atomic mass is 35.5. The fourth-order valence-electron chi connectivity index (χ4n) is 2.12. The van der Waals surface area contributed by atoms with Gasteiger partial charge in [-0.15, -0.1) is 23.2 Å². The summed E-state index contributed by atoms with van der Waals surface area (Å²) in [5.41, 5.74) is 1.11. The number of hydrogen-bond acceptors (Lipinski definition) is 1. The Bertz CT molecular complexity index is 639. The zero-order valence-electron chi connectivity index (χ0n) is 12.7. The van der Waals surface area contributed by atoms with Gasteiger partial charge in [-0.25, -0.2) is 0 Å². The first-order valence-corrected chi connectivity index (χ1v) is 8.68. The molecule has 0 saturated heterocycles. The predicted octanol–water partition coefficient (Wildman–Crippen LogP) is 5.03. The van der Waals surface area contributed by atoms with Crippen LogP contribution in [0.3, 0.4) is 0 Å². The van der Waals surface area contributed by atoms with Crippen molar-refractivity contribution in [2.24, 2.45) is 5.41 Å². The zero-order valence-corrected chi connectivity index (χ0v) is 15.0. The maximum atomic E-state index is 12.6. The first-order chi connectivity index (χ1) is 11.0. The van der Waals surface area contributed by atoms with Gasteiger partial charge in [-0.3, -0.25) is 4.79 Å². The maximum Gasteiger partial charge on any atom is 0.229 e. The summed E-state index contributed by atoms with van der Waals surface area (Å²) >= 11 is 17.8. The number of carbonyl (C=O) groups excluding carboxylic acids is 1. The molecule has 1 unspecified atom stereocenters. The first kappa shape index (κ1) is 18.1. The summed E-state index contributed by atoms with van der Waals surface area (Å²) in [7, 11) is 0. The van der Waals surface area contributed by atoms with Crippen molar-refractivity contribution < 1.29 is 4.79 Å². The second kappa shape index (κ2) is 8.05. The molecule has 2 rings (SSSR count). The summed E-state index contributed by atoms with van der Waals surface area (Å²) in [6.07, 6.45) is 0. The van der Waals surface area contributed by atoms with Crippen molar-refractivity contribution in [2.75, 3.05) is 11.8 Å². The minimum absolute atomic E-state index is 0.157. The van der Waals surface area contributed by atoms with Gasteiger partial charge in [-0.05, 0) is 30.2 Å². The molecule has 0 aliphatic carbocycles. The highest BCUT2D eigenvalue weighted by molar-refractivity contribution is 6.30. The molecule has 0 heterocycles. The fourth-order valence-corrected chi connectivity index (χ4v) is 2.78. The molecule has 0 radical (unpaired) electrons.